The van der Waals surface area contributed by atoms with E-state index in [9.17, 15) is 0 Å². The lowest BCUT2D eigenvalue weighted by molar-refractivity contribution is 0.245. The number of aryl methyl sites for hydroxylation is 1. The fourth-order valence-corrected chi connectivity index (χ4v) is 4.70. The van der Waals surface area contributed by atoms with Crippen molar-refractivity contribution in [1.82, 2.24) is 20.5 Å². The predicted octanol–water partition coefficient (Wildman–Crippen LogP) is 3.65. The number of hydrogen-bond acceptors (Lipinski definition) is 5. The second-order valence-electron chi connectivity index (χ2n) is 7.47. The minimum Gasteiger partial charge on any atom is -0.496 e. The van der Waals surface area contributed by atoms with Gasteiger partial charge >= 0.3 is 0 Å². The molecule has 0 bridgehead atoms. The molecule has 2 aromatic rings. The average molecular weight is 430 g/mol. The normalized spacial score (nSPS) is 15.9. The van der Waals surface area contributed by atoms with Crippen LogP contribution in [0.25, 0.3) is 0 Å². The summed E-state index contributed by atoms with van der Waals surface area (Å²) in [6, 6.07) is 8.56. The Hall–Kier alpha value is -2.12. The van der Waals surface area contributed by atoms with Crippen molar-refractivity contribution in [2.24, 2.45) is 4.99 Å². The number of hydrogen-bond donors (Lipinski definition) is 2. The first-order chi connectivity index (χ1) is 14.7. The van der Waals surface area contributed by atoms with Crippen molar-refractivity contribution < 1.29 is 4.74 Å². The van der Waals surface area contributed by atoms with E-state index < -0.39 is 0 Å². The first kappa shape index (κ1) is 22.6. The van der Waals surface area contributed by atoms with Gasteiger partial charge in [0.1, 0.15) is 5.75 Å². The van der Waals surface area contributed by atoms with E-state index in [0.717, 1.165) is 50.7 Å². The summed E-state index contributed by atoms with van der Waals surface area (Å²) in [5.74, 6) is 1.81. The first-order valence-corrected chi connectivity index (χ1v) is 11.9. The maximum absolute atomic E-state index is 5.65. The number of likely N-dealkylation sites (tertiary alicyclic amines) is 1. The number of nitrogens with one attached hydrogen (secondary N) is 2. The molecule has 1 aliphatic heterocycles. The SMILES string of the molecule is CCNC(=NCC(c1ccccc1OC)N1CCCC1)NCCc1ncc(CC)s1. The second kappa shape index (κ2) is 11.9. The molecule has 2 heterocycles. The predicted molar refractivity (Wildman–Crippen MR) is 126 cm³/mol. The van der Waals surface area contributed by atoms with Gasteiger partial charge in [-0.2, -0.15) is 0 Å². The minimum absolute atomic E-state index is 0.227. The van der Waals surface area contributed by atoms with Crippen LogP contribution in [0.3, 0.4) is 0 Å². The summed E-state index contributed by atoms with van der Waals surface area (Å²) in [4.78, 5) is 13.3. The van der Waals surface area contributed by atoms with Gasteiger partial charge in [0.15, 0.2) is 5.96 Å². The van der Waals surface area contributed by atoms with Crippen LogP contribution in [0.5, 0.6) is 5.75 Å². The van der Waals surface area contributed by atoms with Crippen LogP contribution in [0.15, 0.2) is 35.5 Å². The Bertz CT molecular complexity index is 800. The van der Waals surface area contributed by atoms with Gasteiger partial charge in [-0.1, -0.05) is 25.1 Å². The van der Waals surface area contributed by atoms with Gasteiger partial charge < -0.3 is 15.4 Å². The van der Waals surface area contributed by atoms with Crippen LogP contribution in [0.1, 0.15) is 48.2 Å². The van der Waals surface area contributed by atoms with Crippen molar-refractivity contribution in [1.29, 1.82) is 0 Å². The Morgan fingerprint density at radius 1 is 1.23 bits per heavy atom. The molecule has 1 unspecified atom stereocenters. The molecule has 1 atom stereocenters. The van der Waals surface area contributed by atoms with Crippen LogP contribution in [0, 0.1) is 0 Å². The van der Waals surface area contributed by atoms with Crippen molar-refractivity contribution in [3.05, 3.63) is 45.9 Å². The standard InChI is InChI=1S/C23H35N5OS/c1-4-18-16-26-22(30-18)12-13-25-23(24-5-2)27-17-20(28-14-8-9-15-28)19-10-6-7-11-21(19)29-3/h6-7,10-11,16,20H,4-5,8-9,12-15,17H2,1-3H3,(H2,24,25,27). The number of benzene rings is 1. The van der Waals surface area contributed by atoms with Crippen molar-refractivity contribution in [2.45, 2.75) is 45.6 Å². The van der Waals surface area contributed by atoms with Gasteiger partial charge in [0.05, 0.1) is 24.7 Å². The molecule has 30 heavy (non-hydrogen) atoms. The molecule has 7 heteroatoms. The number of methoxy groups -OCH3 is 1. The second-order valence-corrected chi connectivity index (χ2v) is 8.67. The molecule has 0 saturated carbocycles. The summed E-state index contributed by atoms with van der Waals surface area (Å²) in [7, 11) is 1.75. The van der Waals surface area contributed by atoms with Crippen molar-refractivity contribution >= 4 is 17.3 Å². The van der Waals surface area contributed by atoms with Gasteiger partial charge in [0.2, 0.25) is 0 Å². The average Bonchev–Trinajstić information content (AvgIpc) is 3.46. The third-order valence-electron chi connectivity index (χ3n) is 5.43. The maximum atomic E-state index is 5.65. The number of thiazole rings is 1. The topological polar surface area (TPSA) is 61.8 Å². The lowest BCUT2D eigenvalue weighted by atomic mass is 10.0. The minimum atomic E-state index is 0.227. The summed E-state index contributed by atoms with van der Waals surface area (Å²) >= 11 is 1.80. The maximum Gasteiger partial charge on any atom is 0.191 e. The highest BCUT2D eigenvalue weighted by molar-refractivity contribution is 7.11. The molecule has 0 spiro atoms. The van der Waals surface area contributed by atoms with E-state index in [-0.39, 0.29) is 6.04 Å². The molecule has 1 aromatic carbocycles. The Morgan fingerprint density at radius 3 is 2.73 bits per heavy atom. The van der Waals surface area contributed by atoms with Crippen LogP contribution in [0.2, 0.25) is 0 Å². The van der Waals surface area contributed by atoms with Crippen molar-refractivity contribution in [3.8, 4) is 5.75 Å². The van der Waals surface area contributed by atoms with E-state index in [0.29, 0.717) is 6.54 Å². The number of aliphatic imine (C=N–C) groups is 1. The zero-order valence-corrected chi connectivity index (χ0v) is 19.3. The number of nitrogens with zero attached hydrogens (tertiary/aromatic N) is 3. The van der Waals surface area contributed by atoms with Gasteiger partial charge in [-0.3, -0.25) is 9.89 Å². The highest BCUT2D eigenvalue weighted by Gasteiger charge is 2.25. The smallest absolute Gasteiger partial charge is 0.191 e. The third-order valence-corrected chi connectivity index (χ3v) is 6.63. The van der Waals surface area contributed by atoms with Crippen molar-refractivity contribution in [2.75, 3.05) is 39.8 Å². The molecule has 1 saturated heterocycles. The lowest BCUT2D eigenvalue weighted by Gasteiger charge is -2.28. The lowest BCUT2D eigenvalue weighted by Crippen LogP contribution is -2.39. The van der Waals surface area contributed by atoms with Crippen LogP contribution in [-0.2, 0) is 12.8 Å². The summed E-state index contributed by atoms with van der Waals surface area (Å²) in [6.07, 6.45) is 6.46. The molecule has 0 radical (unpaired) electrons. The van der Waals surface area contributed by atoms with Gasteiger partial charge in [0.25, 0.3) is 0 Å². The Labute approximate surface area is 184 Å². The number of para-hydroxylation sites is 1. The van der Waals surface area contributed by atoms with E-state index in [4.69, 9.17) is 9.73 Å². The molecule has 1 fully saturated rings. The van der Waals surface area contributed by atoms with E-state index >= 15 is 0 Å². The zero-order chi connectivity index (χ0) is 21.2. The Balaban J connectivity index is 1.67. The fraction of sp³-hybridized carbons (Fsp3) is 0.565. The van der Waals surface area contributed by atoms with Gasteiger partial charge in [0, 0.05) is 36.1 Å². The zero-order valence-electron chi connectivity index (χ0n) is 18.5. The highest BCUT2D eigenvalue weighted by Crippen LogP contribution is 2.31. The van der Waals surface area contributed by atoms with Crippen LogP contribution < -0.4 is 15.4 Å². The quantitative estimate of drug-likeness (QED) is 0.446. The van der Waals surface area contributed by atoms with Crippen LogP contribution in [-0.4, -0.2) is 55.7 Å². The molecule has 1 aliphatic rings. The molecular weight excluding hydrogens is 394 g/mol. The van der Waals surface area contributed by atoms with Gasteiger partial charge in [-0.15, -0.1) is 11.3 Å². The van der Waals surface area contributed by atoms with E-state index in [2.05, 4.69) is 46.5 Å². The highest BCUT2D eigenvalue weighted by atomic mass is 32.1. The largest absolute Gasteiger partial charge is 0.496 e. The number of guanidine groups is 1. The summed E-state index contributed by atoms with van der Waals surface area (Å²) < 4.78 is 5.65. The fourth-order valence-electron chi connectivity index (χ4n) is 3.84. The van der Waals surface area contributed by atoms with E-state index in [1.807, 2.05) is 18.3 Å². The molecule has 1 aromatic heterocycles. The van der Waals surface area contributed by atoms with Crippen molar-refractivity contribution in [3.63, 3.8) is 0 Å². The van der Waals surface area contributed by atoms with Gasteiger partial charge in [-0.25, -0.2) is 4.98 Å². The van der Waals surface area contributed by atoms with Gasteiger partial charge in [-0.05, 0) is 45.3 Å². The van der Waals surface area contributed by atoms with E-state index in [1.54, 1.807) is 18.4 Å². The Morgan fingerprint density at radius 2 is 2.03 bits per heavy atom. The summed E-state index contributed by atoms with van der Waals surface area (Å²) in [5, 5.41) is 8.04. The first-order valence-electron chi connectivity index (χ1n) is 11.1. The van der Waals surface area contributed by atoms with Crippen LogP contribution >= 0.6 is 11.3 Å². The molecule has 3 rings (SSSR count). The molecule has 0 aliphatic carbocycles. The van der Waals surface area contributed by atoms with Crippen LogP contribution in [0.4, 0.5) is 0 Å². The third kappa shape index (κ3) is 6.19. The number of rotatable bonds is 10. The Kier molecular flexibility index (Phi) is 8.96. The van der Waals surface area contributed by atoms with E-state index in [1.165, 1.54) is 28.3 Å². The molecule has 0 amide bonds. The summed E-state index contributed by atoms with van der Waals surface area (Å²) in [5.41, 5.74) is 1.22. The molecule has 164 valence electrons. The number of ether oxygens (including phenoxy) is 1. The monoisotopic (exact) mass is 429 g/mol. The molecule has 2 N–H and O–H groups in total. The molecular formula is C23H35N5OS. The number of aromatic nitrogens is 1. The molecule has 6 nitrogen and oxygen atoms in total. The summed E-state index contributed by atoms with van der Waals surface area (Å²) in [6.45, 7) is 8.87.